The Balaban J connectivity index is 1.29. The molecule has 2 saturated heterocycles. The van der Waals surface area contributed by atoms with Crippen molar-refractivity contribution in [3.05, 3.63) is 42.1 Å². The third kappa shape index (κ3) is 1.92. The van der Waals surface area contributed by atoms with Crippen molar-refractivity contribution in [1.82, 2.24) is 15.1 Å². The van der Waals surface area contributed by atoms with Gasteiger partial charge in [0.15, 0.2) is 11.5 Å². The molecular weight excluding hydrogens is 334 g/mol. The van der Waals surface area contributed by atoms with Gasteiger partial charge in [-0.25, -0.2) is 0 Å². The Hall–Kier alpha value is -2.80. The second-order valence-electron chi connectivity index (χ2n) is 7.21. The number of H-pyrrole nitrogens is 1. The maximum Gasteiger partial charge on any atom is 0.257 e. The average molecular weight is 351 g/mol. The van der Waals surface area contributed by atoms with Gasteiger partial charge in [0.05, 0.1) is 29.7 Å². The van der Waals surface area contributed by atoms with Crippen LogP contribution in [0.5, 0.6) is 11.5 Å². The highest BCUT2D eigenvalue weighted by atomic mass is 16.7. The van der Waals surface area contributed by atoms with E-state index in [9.17, 15) is 4.79 Å². The zero-order valence-corrected chi connectivity index (χ0v) is 13.9. The van der Waals surface area contributed by atoms with Crippen LogP contribution in [-0.2, 0) is 4.74 Å². The lowest BCUT2D eigenvalue weighted by Crippen LogP contribution is -2.31. The van der Waals surface area contributed by atoms with E-state index in [1.807, 2.05) is 23.1 Å². The van der Waals surface area contributed by atoms with Gasteiger partial charge in [-0.2, -0.15) is 5.10 Å². The first-order chi connectivity index (χ1) is 12.8. The fourth-order valence-corrected chi connectivity index (χ4v) is 4.58. The average Bonchev–Trinajstić information content (AvgIpc) is 3.47. The highest BCUT2D eigenvalue weighted by Crippen LogP contribution is 2.44. The molecule has 4 unspecified atom stereocenters. The van der Waals surface area contributed by atoms with Crippen molar-refractivity contribution in [1.29, 1.82) is 0 Å². The first-order valence-electron chi connectivity index (χ1n) is 8.84. The smallest absolute Gasteiger partial charge is 0.257 e. The highest BCUT2D eigenvalue weighted by Gasteiger charge is 2.51. The number of likely N-dealkylation sites (tertiary alicyclic amines) is 1. The van der Waals surface area contributed by atoms with Crippen LogP contribution in [0.15, 0.2) is 36.5 Å². The van der Waals surface area contributed by atoms with Gasteiger partial charge in [0.25, 0.3) is 5.91 Å². The number of nitrogens with one attached hydrogen (secondary N) is 1. The summed E-state index contributed by atoms with van der Waals surface area (Å²) in [4.78, 5) is 15.1. The van der Waals surface area contributed by atoms with E-state index in [0.717, 1.165) is 24.4 Å². The van der Waals surface area contributed by atoms with E-state index >= 15 is 0 Å². The number of hydrogen-bond donors (Lipinski definition) is 1. The molecule has 2 fully saturated rings. The predicted molar refractivity (Wildman–Crippen MR) is 90.8 cm³/mol. The van der Waals surface area contributed by atoms with Gasteiger partial charge in [-0.1, -0.05) is 12.2 Å². The quantitative estimate of drug-likeness (QED) is 0.836. The summed E-state index contributed by atoms with van der Waals surface area (Å²) in [5.41, 5.74) is 2.16. The number of aromatic nitrogens is 2. The molecule has 0 aliphatic carbocycles. The Bertz CT molecular complexity index is 917. The molecule has 4 aliphatic heterocycles. The highest BCUT2D eigenvalue weighted by molar-refractivity contribution is 6.00. The number of fused-ring (bicyclic) bond motifs is 6. The van der Waals surface area contributed by atoms with Gasteiger partial charge in [0, 0.05) is 30.5 Å². The molecule has 0 spiro atoms. The molecule has 132 valence electrons. The Morgan fingerprint density at radius 3 is 2.69 bits per heavy atom. The molecule has 7 nitrogen and oxygen atoms in total. The van der Waals surface area contributed by atoms with Gasteiger partial charge >= 0.3 is 0 Å². The van der Waals surface area contributed by atoms with E-state index in [1.54, 1.807) is 6.20 Å². The van der Waals surface area contributed by atoms with Crippen LogP contribution >= 0.6 is 0 Å². The van der Waals surface area contributed by atoms with Crippen molar-refractivity contribution < 1.29 is 19.0 Å². The number of amides is 1. The largest absolute Gasteiger partial charge is 0.454 e. The first kappa shape index (κ1) is 14.4. The second kappa shape index (κ2) is 5.11. The third-order valence-electron chi connectivity index (χ3n) is 5.88. The topological polar surface area (TPSA) is 76.7 Å². The molecule has 4 atom stereocenters. The monoisotopic (exact) mass is 351 g/mol. The Kier molecular flexibility index (Phi) is 2.82. The van der Waals surface area contributed by atoms with Gasteiger partial charge in [-0.05, 0) is 18.2 Å². The zero-order valence-electron chi connectivity index (χ0n) is 13.9. The zero-order chi connectivity index (χ0) is 17.3. The van der Waals surface area contributed by atoms with Crippen molar-refractivity contribution in [3.8, 4) is 22.8 Å². The molecule has 6 rings (SSSR count). The number of nitrogens with zero attached hydrogens (tertiary/aromatic N) is 2. The predicted octanol–water partition coefficient (Wildman–Crippen LogP) is 1.83. The summed E-state index contributed by atoms with van der Waals surface area (Å²) in [6.45, 7) is 1.70. The molecule has 26 heavy (non-hydrogen) atoms. The third-order valence-corrected chi connectivity index (χ3v) is 5.88. The summed E-state index contributed by atoms with van der Waals surface area (Å²) in [5, 5.41) is 7.08. The van der Waals surface area contributed by atoms with Gasteiger partial charge in [-0.15, -0.1) is 0 Å². The molecule has 1 aromatic carbocycles. The van der Waals surface area contributed by atoms with Crippen LogP contribution in [0.25, 0.3) is 11.3 Å². The van der Waals surface area contributed by atoms with E-state index in [-0.39, 0.29) is 24.9 Å². The van der Waals surface area contributed by atoms with E-state index in [2.05, 4.69) is 22.3 Å². The summed E-state index contributed by atoms with van der Waals surface area (Å²) in [5.74, 6) is 2.24. The molecule has 1 N–H and O–H groups in total. The number of aromatic amines is 1. The number of carbonyl (C=O) groups excluding carboxylic acids is 1. The van der Waals surface area contributed by atoms with Gasteiger partial charge in [-0.3, -0.25) is 9.89 Å². The minimum absolute atomic E-state index is 0.0141. The van der Waals surface area contributed by atoms with Gasteiger partial charge < -0.3 is 19.1 Å². The van der Waals surface area contributed by atoms with Crippen molar-refractivity contribution in [2.45, 2.75) is 12.2 Å². The fraction of sp³-hybridized carbons (Fsp3) is 0.368. The molecule has 2 bridgehead atoms. The van der Waals surface area contributed by atoms with Crippen molar-refractivity contribution in [3.63, 3.8) is 0 Å². The van der Waals surface area contributed by atoms with E-state index in [1.165, 1.54) is 0 Å². The molecule has 0 radical (unpaired) electrons. The molecule has 0 saturated carbocycles. The molecule has 4 aliphatic rings. The number of ether oxygens (including phenoxy) is 3. The van der Waals surface area contributed by atoms with Crippen LogP contribution in [0.4, 0.5) is 0 Å². The lowest BCUT2D eigenvalue weighted by atomic mass is 9.86. The molecule has 2 aromatic rings. The standard InChI is InChI=1S/C19H17N3O4/c23-19(22-7-12-13(8-22)15-4-3-14(12)26-15)11-6-20-21-18(11)10-1-2-16-17(5-10)25-9-24-16/h1-6,12-15H,7-9H2,(H,20,21). The van der Waals surface area contributed by atoms with Crippen LogP contribution in [0, 0.1) is 11.8 Å². The number of benzene rings is 1. The maximum atomic E-state index is 13.1. The van der Waals surface area contributed by atoms with Gasteiger partial charge in [0.2, 0.25) is 6.79 Å². The van der Waals surface area contributed by atoms with Crippen LogP contribution in [0.3, 0.4) is 0 Å². The molecule has 1 aromatic heterocycles. The Morgan fingerprint density at radius 2 is 1.88 bits per heavy atom. The summed E-state index contributed by atoms with van der Waals surface area (Å²) in [7, 11) is 0. The van der Waals surface area contributed by atoms with Crippen LogP contribution in [-0.4, -0.2) is 53.1 Å². The van der Waals surface area contributed by atoms with Crippen molar-refractivity contribution in [2.24, 2.45) is 11.8 Å². The molecule has 5 heterocycles. The number of hydrogen-bond acceptors (Lipinski definition) is 5. The summed E-state index contributed by atoms with van der Waals surface area (Å²) >= 11 is 0. The fourth-order valence-electron chi connectivity index (χ4n) is 4.58. The SMILES string of the molecule is O=C(c1cn[nH]c1-c1ccc2c(c1)OCO2)N1CC2C3C=CC(O3)C2C1. The summed E-state index contributed by atoms with van der Waals surface area (Å²) < 4.78 is 16.7. The van der Waals surface area contributed by atoms with Crippen LogP contribution in [0.1, 0.15) is 10.4 Å². The van der Waals surface area contributed by atoms with Crippen LogP contribution in [0.2, 0.25) is 0 Å². The van der Waals surface area contributed by atoms with Crippen molar-refractivity contribution in [2.75, 3.05) is 19.9 Å². The Labute approximate surface area is 149 Å². The van der Waals surface area contributed by atoms with E-state index in [4.69, 9.17) is 14.2 Å². The second-order valence-corrected chi connectivity index (χ2v) is 7.21. The molecule has 1 amide bonds. The summed E-state index contributed by atoms with van der Waals surface area (Å²) in [6, 6.07) is 5.64. The van der Waals surface area contributed by atoms with Crippen molar-refractivity contribution >= 4 is 5.91 Å². The lowest BCUT2D eigenvalue weighted by Gasteiger charge is -2.19. The normalized spacial score (nSPS) is 30.2. The first-order valence-corrected chi connectivity index (χ1v) is 8.84. The molecular formula is C19H17N3O4. The minimum atomic E-state index is 0.0141. The van der Waals surface area contributed by atoms with Gasteiger partial charge in [0.1, 0.15) is 0 Å². The summed E-state index contributed by atoms with van der Waals surface area (Å²) in [6.07, 6.45) is 6.21. The number of carbonyl (C=O) groups is 1. The maximum absolute atomic E-state index is 13.1. The minimum Gasteiger partial charge on any atom is -0.454 e. The Morgan fingerprint density at radius 1 is 1.12 bits per heavy atom. The van der Waals surface area contributed by atoms with E-state index in [0.29, 0.717) is 28.8 Å². The van der Waals surface area contributed by atoms with E-state index < -0.39 is 0 Å². The molecule has 7 heteroatoms. The lowest BCUT2D eigenvalue weighted by molar-refractivity contribution is 0.0656. The number of rotatable bonds is 2. The van der Waals surface area contributed by atoms with Crippen LogP contribution < -0.4 is 9.47 Å².